The highest BCUT2D eigenvalue weighted by molar-refractivity contribution is 7.74. The van der Waals surface area contributed by atoms with Gasteiger partial charge >= 0.3 is 5.97 Å². The van der Waals surface area contributed by atoms with Crippen molar-refractivity contribution >= 4 is 17.3 Å². The van der Waals surface area contributed by atoms with Crippen molar-refractivity contribution in [1.82, 2.24) is 0 Å². The SMILES string of the molecule is O=C(O)C(OS(=O)[O-])C1C=CC=CC1. The van der Waals surface area contributed by atoms with E-state index in [-0.39, 0.29) is 0 Å². The number of hydrogen-bond donors (Lipinski definition) is 1. The molecule has 1 aliphatic rings. The Morgan fingerprint density at radius 2 is 2.36 bits per heavy atom. The Morgan fingerprint density at radius 1 is 1.64 bits per heavy atom. The molecular formula is C8H9O5S-. The van der Waals surface area contributed by atoms with Crippen molar-refractivity contribution in [1.29, 1.82) is 0 Å². The van der Waals surface area contributed by atoms with Gasteiger partial charge in [0.15, 0.2) is 6.10 Å². The molecule has 1 rings (SSSR count). The van der Waals surface area contributed by atoms with Crippen LogP contribution in [0, 0.1) is 5.92 Å². The van der Waals surface area contributed by atoms with Crippen LogP contribution in [0.5, 0.6) is 0 Å². The van der Waals surface area contributed by atoms with Gasteiger partial charge in [-0.1, -0.05) is 24.3 Å². The average Bonchev–Trinajstić information content (AvgIpc) is 2.15. The van der Waals surface area contributed by atoms with Crippen LogP contribution in [0.4, 0.5) is 0 Å². The van der Waals surface area contributed by atoms with Crippen LogP contribution in [0.3, 0.4) is 0 Å². The smallest absolute Gasteiger partial charge is 0.334 e. The maximum Gasteiger partial charge on any atom is 0.334 e. The lowest BCUT2D eigenvalue weighted by Crippen LogP contribution is -2.32. The lowest BCUT2D eigenvalue weighted by atomic mass is 9.95. The molecule has 0 aromatic carbocycles. The Kier molecular flexibility index (Phi) is 3.99. The van der Waals surface area contributed by atoms with E-state index >= 15 is 0 Å². The first-order valence-electron chi connectivity index (χ1n) is 3.94. The molecular weight excluding hydrogens is 208 g/mol. The van der Waals surface area contributed by atoms with Crippen molar-refractivity contribution in [2.45, 2.75) is 12.5 Å². The quantitative estimate of drug-likeness (QED) is 0.688. The second kappa shape index (κ2) is 5.04. The van der Waals surface area contributed by atoms with Gasteiger partial charge in [0.25, 0.3) is 0 Å². The normalized spacial score (nSPS) is 24.5. The van der Waals surface area contributed by atoms with Gasteiger partial charge in [-0.2, -0.15) is 0 Å². The van der Waals surface area contributed by atoms with Crippen molar-refractivity contribution < 1.29 is 22.8 Å². The first-order valence-corrected chi connectivity index (χ1v) is 4.94. The summed E-state index contributed by atoms with van der Waals surface area (Å²) in [5.41, 5.74) is 0. The highest BCUT2D eigenvalue weighted by atomic mass is 32.2. The van der Waals surface area contributed by atoms with Gasteiger partial charge in [-0.05, 0) is 6.42 Å². The zero-order valence-corrected chi connectivity index (χ0v) is 7.98. The minimum atomic E-state index is -2.81. The minimum absolute atomic E-state index is 0.435. The third-order valence-corrected chi connectivity index (χ3v) is 2.19. The Bertz CT molecular complexity index is 296. The minimum Gasteiger partial charge on any atom is -0.750 e. The number of carboxylic acid groups (broad SMARTS) is 1. The van der Waals surface area contributed by atoms with Crippen LogP contribution in [0.15, 0.2) is 24.3 Å². The molecule has 1 N–H and O–H groups in total. The van der Waals surface area contributed by atoms with Crippen molar-refractivity contribution in [2.75, 3.05) is 0 Å². The van der Waals surface area contributed by atoms with Gasteiger partial charge in [-0.15, -0.1) is 0 Å². The molecule has 0 saturated heterocycles. The molecule has 0 radical (unpaired) electrons. The van der Waals surface area contributed by atoms with E-state index in [0.717, 1.165) is 0 Å². The maximum absolute atomic E-state index is 10.7. The van der Waals surface area contributed by atoms with Gasteiger partial charge in [0.1, 0.15) is 0 Å². The summed E-state index contributed by atoms with van der Waals surface area (Å²) in [6, 6.07) is 0. The van der Waals surface area contributed by atoms with Crippen molar-refractivity contribution in [3.05, 3.63) is 24.3 Å². The van der Waals surface area contributed by atoms with E-state index in [2.05, 4.69) is 4.18 Å². The third kappa shape index (κ3) is 3.06. The van der Waals surface area contributed by atoms with Crippen LogP contribution < -0.4 is 0 Å². The Hall–Kier alpha value is -0.980. The van der Waals surface area contributed by atoms with Crippen LogP contribution in [0.2, 0.25) is 0 Å². The second-order valence-corrected chi connectivity index (χ2v) is 3.37. The number of carbonyl (C=O) groups is 1. The molecule has 0 aromatic heterocycles. The average molecular weight is 217 g/mol. The Morgan fingerprint density at radius 3 is 2.79 bits per heavy atom. The molecule has 0 amide bonds. The van der Waals surface area contributed by atoms with E-state index < -0.39 is 29.4 Å². The standard InChI is InChI=1S/C8H10O5S/c9-8(10)7(13-14(11)12)6-4-2-1-3-5-6/h1-4,6-7H,5H2,(H,9,10)(H,11,12)/p-1. The topological polar surface area (TPSA) is 86.7 Å². The van der Waals surface area contributed by atoms with Gasteiger partial charge in [0.05, 0.1) is 11.4 Å². The summed E-state index contributed by atoms with van der Waals surface area (Å²) in [4.78, 5) is 10.7. The zero-order chi connectivity index (χ0) is 10.6. The number of allylic oxidation sites excluding steroid dienone is 3. The summed E-state index contributed by atoms with van der Waals surface area (Å²) in [6.45, 7) is 0. The highest BCUT2D eigenvalue weighted by Gasteiger charge is 2.27. The summed E-state index contributed by atoms with van der Waals surface area (Å²) in [7, 11) is 0. The number of carboxylic acids is 1. The summed E-state index contributed by atoms with van der Waals surface area (Å²) in [5, 5.41) is 8.72. The fourth-order valence-electron chi connectivity index (χ4n) is 1.20. The first-order chi connectivity index (χ1) is 6.61. The summed E-state index contributed by atoms with van der Waals surface area (Å²) in [5.74, 6) is -1.71. The molecule has 0 spiro atoms. The predicted octanol–water partition coefficient (Wildman–Crippen LogP) is 0.383. The fourth-order valence-corrected chi connectivity index (χ4v) is 1.60. The first kappa shape index (κ1) is 11.1. The number of rotatable bonds is 4. The highest BCUT2D eigenvalue weighted by Crippen LogP contribution is 2.19. The lowest BCUT2D eigenvalue weighted by molar-refractivity contribution is -0.146. The van der Waals surface area contributed by atoms with Gasteiger partial charge in [0, 0.05) is 5.92 Å². The van der Waals surface area contributed by atoms with E-state index in [4.69, 9.17) is 5.11 Å². The summed E-state index contributed by atoms with van der Waals surface area (Å²) in [6.07, 6.45) is 5.94. The van der Waals surface area contributed by atoms with Crippen molar-refractivity contribution in [2.24, 2.45) is 5.92 Å². The molecule has 0 fully saturated rings. The van der Waals surface area contributed by atoms with Crippen LogP contribution in [0.1, 0.15) is 6.42 Å². The fraction of sp³-hybridized carbons (Fsp3) is 0.375. The molecule has 78 valence electrons. The van der Waals surface area contributed by atoms with E-state index in [0.29, 0.717) is 6.42 Å². The summed E-state index contributed by atoms with van der Waals surface area (Å²) < 4.78 is 24.7. The van der Waals surface area contributed by atoms with Gasteiger partial charge < -0.3 is 9.66 Å². The molecule has 0 aromatic rings. The molecule has 6 heteroatoms. The molecule has 0 aliphatic heterocycles. The van der Waals surface area contributed by atoms with Crippen molar-refractivity contribution in [3.8, 4) is 0 Å². The molecule has 0 saturated carbocycles. The largest absolute Gasteiger partial charge is 0.750 e. The van der Waals surface area contributed by atoms with E-state index in [1.54, 1.807) is 24.3 Å². The zero-order valence-electron chi connectivity index (χ0n) is 7.16. The molecule has 5 nitrogen and oxygen atoms in total. The van der Waals surface area contributed by atoms with E-state index in [1.165, 1.54) is 0 Å². The van der Waals surface area contributed by atoms with E-state index in [9.17, 15) is 13.6 Å². The maximum atomic E-state index is 10.7. The van der Waals surface area contributed by atoms with Crippen molar-refractivity contribution in [3.63, 3.8) is 0 Å². The monoisotopic (exact) mass is 217 g/mol. The molecule has 1 aliphatic carbocycles. The number of aliphatic carboxylic acids is 1. The molecule has 3 unspecified atom stereocenters. The molecule has 14 heavy (non-hydrogen) atoms. The molecule has 0 heterocycles. The molecule has 0 bridgehead atoms. The van der Waals surface area contributed by atoms with Crippen LogP contribution in [-0.4, -0.2) is 25.9 Å². The Labute approximate surface area is 83.6 Å². The lowest BCUT2D eigenvalue weighted by Gasteiger charge is -2.21. The second-order valence-electron chi connectivity index (χ2n) is 2.77. The van der Waals surface area contributed by atoms with Crippen LogP contribution >= 0.6 is 0 Å². The van der Waals surface area contributed by atoms with Gasteiger partial charge in [0.2, 0.25) is 0 Å². The van der Waals surface area contributed by atoms with Crippen LogP contribution in [-0.2, 0) is 20.3 Å². The van der Waals surface area contributed by atoms with Crippen LogP contribution in [0.25, 0.3) is 0 Å². The molecule has 3 atom stereocenters. The van der Waals surface area contributed by atoms with Gasteiger partial charge in [-0.3, -0.25) is 4.18 Å². The number of hydrogen-bond acceptors (Lipinski definition) is 4. The van der Waals surface area contributed by atoms with E-state index in [1.807, 2.05) is 0 Å². The third-order valence-electron chi connectivity index (χ3n) is 1.83. The predicted molar refractivity (Wildman–Crippen MR) is 47.8 cm³/mol. The Balaban J connectivity index is 2.67. The van der Waals surface area contributed by atoms with Gasteiger partial charge in [-0.25, -0.2) is 9.00 Å². The summed E-state index contributed by atoms with van der Waals surface area (Å²) >= 11 is -2.81.